The molecule has 21 heavy (non-hydrogen) atoms. The van der Waals surface area contributed by atoms with Gasteiger partial charge in [0.15, 0.2) is 0 Å². The molecule has 0 saturated carbocycles. The first-order valence-electron chi connectivity index (χ1n) is 6.88. The van der Waals surface area contributed by atoms with Crippen molar-refractivity contribution >= 4 is 26.8 Å². The van der Waals surface area contributed by atoms with E-state index in [1.807, 2.05) is 29.9 Å². The Morgan fingerprint density at radius 2 is 2.00 bits per heavy atom. The van der Waals surface area contributed by atoms with Gasteiger partial charge in [0, 0.05) is 23.3 Å². The molecular formula is C17H17BrN2O. The summed E-state index contributed by atoms with van der Waals surface area (Å²) in [5.74, 6) is 0.909. The number of ether oxygens (including phenoxy) is 1. The Balaban J connectivity index is 1.87. The van der Waals surface area contributed by atoms with E-state index in [1.54, 1.807) is 0 Å². The second kappa shape index (κ2) is 5.90. The zero-order chi connectivity index (χ0) is 14.8. The van der Waals surface area contributed by atoms with Crippen molar-refractivity contribution in [2.24, 2.45) is 7.05 Å². The number of para-hydroxylation sites is 1. The van der Waals surface area contributed by atoms with Crippen LogP contribution < -0.4 is 4.74 Å². The number of benzene rings is 2. The molecule has 0 spiro atoms. The monoisotopic (exact) mass is 344 g/mol. The zero-order valence-corrected chi connectivity index (χ0v) is 13.7. The molecule has 3 aromatic rings. The van der Waals surface area contributed by atoms with Crippen LogP contribution >= 0.6 is 15.9 Å². The van der Waals surface area contributed by atoms with Crippen LogP contribution in [0.15, 0.2) is 42.5 Å². The van der Waals surface area contributed by atoms with E-state index in [0.29, 0.717) is 6.61 Å². The van der Waals surface area contributed by atoms with Gasteiger partial charge < -0.3 is 4.74 Å². The molecule has 0 fully saturated rings. The number of rotatable bonds is 4. The van der Waals surface area contributed by atoms with Crippen LogP contribution in [0, 0.1) is 6.92 Å². The van der Waals surface area contributed by atoms with E-state index in [1.165, 1.54) is 5.56 Å². The van der Waals surface area contributed by atoms with E-state index in [2.05, 4.69) is 52.2 Å². The summed E-state index contributed by atoms with van der Waals surface area (Å²) in [7, 11) is 1.96. The van der Waals surface area contributed by atoms with Gasteiger partial charge in [-0.1, -0.05) is 51.8 Å². The molecule has 0 aliphatic heterocycles. The van der Waals surface area contributed by atoms with Gasteiger partial charge in [0.1, 0.15) is 18.1 Å². The van der Waals surface area contributed by atoms with Crippen molar-refractivity contribution in [1.82, 2.24) is 9.78 Å². The quantitative estimate of drug-likeness (QED) is 0.657. The Hall–Kier alpha value is -1.81. The Morgan fingerprint density at radius 3 is 2.81 bits per heavy atom. The van der Waals surface area contributed by atoms with E-state index in [9.17, 15) is 0 Å². The van der Waals surface area contributed by atoms with Crippen molar-refractivity contribution in [2.75, 3.05) is 0 Å². The topological polar surface area (TPSA) is 27.1 Å². The van der Waals surface area contributed by atoms with E-state index in [4.69, 9.17) is 4.74 Å². The van der Waals surface area contributed by atoms with Gasteiger partial charge in [-0.15, -0.1) is 0 Å². The third-order valence-electron chi connectivity index (χ3n) is 3.56. The van der Waals surface area contributed by atoms with Crippen molar-refractivity contribution < 1.29 is 4.74 Å². The predicted molar refractivity (Wildman–Crippen MR) is 88.9 cm³/mol. The lowest BCUT2D eigenvalue weighted by Crippen LogP contribution is -2.00. The molecule has 0 radical (unpaired) electrons. The van der Waals surface area contributed by atoms with Gasteiger partial charge in [0.25, 0.3) is 0 Å². The Bertz CT molecular complexity index is 780. The molecule has 2 aromatic carbocycles. The summed E-state index contributed by atoms with van der Waals surface area (Å²) in [4.78, 5) is 0. The molecule has 0 bridgehead atoms. The molecular weight excluding hydrogens is 328 g/mol. The maximum Gasteiger partial charge on any atom is 0.133 e. The number of halogens is 1. The van der Waals surface area contributed by atoms with Crippen LogP contribution in [0.5, 0.6) is 5.75 Å². The molecule has 0 aliphatic carbocycles. The normalized spacial score (nSPS) is 11.0. The second-order valence-corrected chi connectivity index (χ2v) is 5.68. The van der Waals surface area contributed by atoms with Gasteiger partial charge in [-0.3, -0.25) is 4.68 Å². The van der Waals surface area contributed by atoms with Gasteiger partial charge >= 0.3 is 0 Å². The van der Waals surface area contributed by atoms with Gasteiger partial charge in [-0.05, 0) is 19.1 Å². The highest BCUT2D eigenvalue weighted by atomic mass is 79.9. The third-order valence-corrected chi connectivity index (χ3v) is 4.16. The number of aryl methyl sites for hydroxylation is 2. The second-order valence-electron chi connectivity index (χ2n) is 5.12. The highest BCUT2D eigenvalue weighted by Gasteiger charge is 2.10. The molecule has 0 aliphatic rings. The molecule has 0 saturated heterocycles. The number of fused-ring (bicyclic) bond motifs is 1. The highest BCUT2D eigenvalue weighted by molar-refractivity contribution is 9.08. The fraction of sp³-hybridized carbons (Fsp3) is 0.235. The largest absolute Gasteiger partial charge is 0.487 e. The Kier molecular flexibility index (Phi) is 3.97. The summed E-state index contributed by atoms with van der Waals surface area (Å²) in [6, 6.07) is 14.4. The maximum atomic E-state index is 5.98. The van der Waals surface area contributed by atoms with Crippen LogP contribution in [0.25, 0.3) is 10.9 Å². The van der Waals surface area contributed by atoms with E-state index in [0.717, 1.165) is 33.2 Å². The lowest BCUT2D eigenvalue weighted by molar-refractivity contribution is 0.299. The van der Waals surface area contributed by atoms with E-state index < -0.39 is 0 Å². The summed E-state index contributed by atoms with van der Waals surface area (Å²) in [6.07, 6.45) is 0. The molecule has 1 heterocycles. The molecule has 0 amide bonds. The van der Waals surface area contributed by atoms with Crippen LogP contribution in [0.2, 0.25) is 0 Å². The first kappa shape index (κ1) is 14.1. The molecule has 1 aromatic heterocycles. The number of aromatic nitrogens is 2. The van der Waals surface area contributed by atoms with Crippen LogP contribution in [0.4, 0.5) is 0 Å². The fourth-order valence-electron chi connectivity index (χ4n) is 2.49. The van der Waals surface area contributed by atoms with E-state index >= 15 is 0 Å². The highest BCUT2D eigenvalue weighted by Crippen LogP contribution is 2.25. The standard InChI is InChI=1S/C17H17BrN2O/c1-12-7-8-17(13(9-12)10-18)21-11-15-14-5-3-4-6-16(14)20(2)19-15/h3-9H,10-11H2,1-2H3. The number of nitrogens with zero attached hydrogens (tertiary/aromatic N) is 2. The minimum atomic E-state index is 0.477. The van der Waals surface area contributed by atoms with Gasteiger partial charge in [-0.2, -0.15) is 5.10 Å². The summed E-state index contributed by atoms with van der Waals surface area (Å²) in [5, 5.41) is 6.49. The lowest BCUT2D eigenvalue weighted by Gasteiger charge is -2.10. The van der Waals surface area contributed by atoms with Gasteiger partial charge in [-0.25, -0.2) is 0 Å². The third kappa shape index (κ3) is 2.81. The zero-order valence-electron chi connectivity index (χ0n) is 12.1. The van der Waals surface area contributed by atoms with Crippen LogP contribution in [0.1, 0.15) is 16.8 Å². The maximum absolute atomic E-state index is 5.98. The molecule has 0 N–H and O–H groups in total. The summed E-state index contributed by atoms with van der Waals surface area (Å²) in [5.41, 5.74) is 4.49. The van der Waals surface area contributed by atoms with Crippen molar-refractivity contribution in [3.05, 3.63) is 59.3 Å². The van der Waals surface area contributed by atoms with Gasteiger partial charge in [0.2, 0.25) is 0 Å². The van der Waals surface area contributed by atoms with Gasteiger partial charge in [0.05, 0.1) is 5.52 Å². The molecule has 0 atom stereocenters. The predicted octanol–water partition coefficient (Wildman–Crippen LogP) is 4.36. The Labute approximate surface area is 132 Å². The molecule has 3 rings (SSSR count). The number of alkyl halides is 1. The minimum Gasteiger partial charge on any atom is -0.487 e. The van der Waals surface area contributed by atoms with Crippen molar-refractivity contribution in [3.8, 4) is 5.75 Å². The molecule has 108 valence electrons. The number of hydrogen-bond acceptors (Lipinski definition) is 2. The first-order chi connectivity index (χ1) is 10.2. The smallest absolute Gasteiger partial charge is 0.133 e. The van der Waals surface area contributed by atoms with Crippen LogP contribution in [0.3, 0.4) is 0 Å². The SMILES string of the molecule is Cc1ccc(OCc2nn(C)c3ccccc23)c(CBr)c1. The fourth-order valence-corrected chi connectivity index (χ4v) is 2.93. The molecule has 3 nitrogen and oxygen atoms in total. The Morgan fingerprint density at radius 1 is 1.19 bits per heavy atom. The van der Waals surface area contributed by atoms with Crippen molar-refractivity contribution in [3.63, 3.8) is 0 Å². The van der Waals surface area contributed by atoms with Crippen LogP contribution in [-0.2, 0) is 19.0 Å². The average Bonchev–Trinajstić information content (AvgIpc) is 2.83. The molecule has 4 heteroatoms. The van der Waals surface area contributed by atoms with Crippen LogP contribution in [-0.4, -0.2) is 9.78 Å². The summed E-state index contributed by atoms with van der Waals surface area (Å²) in [6.45, 7) is 2.56. The minimum absolute atomic E-state index is 0.477. The summed E-state index contributed by atoms with van der Waals surface area (Å²) >= 11 is 3.51. The summed E-state index contributed by atoms with van der Waals surface area (Å²) < 4.78 is 7.88. The average molecular weight is 345 g/mol. The number of hydrogen-bond donors (Lipinski definition) is 0. The molecule has 0 unspecified atom stereocenters. The lowest BCUT2D eigenvalue weighted by atomic mass is 10.1. The van der Waals surface area contributed by atoms with E-state index in [-0.39, 0.29) is 0 Å². The van der Waals surface area contributed by atoms with Crippen molar-refractivity contribution in [1.29, 1.82) is 0 Å². The van der Waals surface area contributed by atoms with Crippen molar-refractivity contribution in [2.45, 2.75) is 18.9 Å². The first-order valence-corrected chi connectivity index (χ1v) is 8.00.